The molecule has 0 radical (unpaired) electrons. The smallest absolute Gasteiger partial charge is 0.173 e. The van der Waals surface area contributed by atoms with Crippen molar-refractivity contribution in [2.75, 3.05) is 0 Å². The summed E-state index contributed by atoms with van der Waals surface area (Å²) in [5, 5.41) is 12.3. The highest BCUT2D eigenvalue weighted by Gasteiger charge is 2.38. The Balaban J connectivity index is 1.74. The summed E-state index contributed by atoms with van der Waals surface area (Å²) in [6.07, 6.45) is 2.79. The topological polar surface area (TPSA) is 66.7 Å². The summed E-state index contributed by atoms with van der Waals surface area (Å²) < 4.78 is 2.10. The maximum Gasteiger partial charge on any atom is 0.173 e. The third-order valence-corrected chi connectivity index (χ3v) is 6.05. The van der Waals surface area contributed by atoms with Gasteiger partial charge < -0.3 is 14.7 Å². The van der Waals surface area contributed by atoms with E-state index in [0.717, 1.165) is 45.7 Å². The van der Waals surface area contributed by atoms with Gasteiger partial charge in [-0.3, -0.25) is 0 Å². The van der Waals surface area contributed by atoms with E-state index in [1.54, 1.807) is 0 Å². The van der Waals surface area contributed by atoms with E-state index in [-0.39, 0.29) is 0 Å². The first-order valence-corrected chi connectivity index (χ1v) is 11.0. The molecule has 3 aromatic carbocycles. The number of H-pyrrole nitrogens is 1. The van der Waals surface area contributed by atoms with Gasteiger partial charge in [0, 0.05) is 24.0 Å². The number of imidazole rings is 2. The number of aromatic amines is 1. The summed E-state index contributed by atoms with van der Waals surface area (Å²) in [6.45, 7) is 4.86. The van der Waals surface area contributed by atoms with Crippen LogP contribution in [0.1, 0.15) is 36.5 Å². The Hall–Kier alpha value is -3.70. The van der Waals surface area contributed by atoms with E-state index in [2.05, 4.69) is 34.4 Å². The number of hydrogen-bond acceptors (Lipinski definition) is 3. The lowest BCUT2D eigenvalue weighted by molar-refractivity contribution is 0.112. The molecule has 5 rings (SSSR count). The van der Waals surface area contributed by atoms with Gasteiger partial charge in [-0.25, -0.2) is 9.97 Å². The van der Waals surface area contributed by atoms with Crippen LogP contribution in [0.3, 0.4) is 0 Å². The van der Waals surface area contributed by atoms with Crippen molar-refractivity contribution in [2.24, 2.45) is 0 Å². The van der Waals surface area contributed by atoms with Crippen molar-refractivity contribution in [2.45, 2.75) is 32.4 Å². The van der Waals surface area contributed by atoms with Gasteiger partial charge in [0.15, 0.2) is 11.4 Å². The van der Waals surface area contributed by atoms with Crippen molar-refractivity contribution in [1.29, 1.82) is 0 Å². The molecule has 0 amide bonds. The van der Waals surface area contributed by atoms with E-state index in [0.29, 0.717) is 12.4 Å². The van der Waals surface area contributed by atoms with Gasteiger partial charge in [-0.05, 0) is 42.7 Å². The molecule has 5 aromatic rings. The van der Waals surface area contributed by atoms with Crippen LogP contribution in [0.15, 0.2) is 85.1 Å². The minimum absolute atomic E-state index is 0.609. The van der Waals surface area contributed by atoms with Gasteiger partial charge in [0.1, 0.15) is 5.82 Å². The number of nitrogens with zero attached hydrogens (tertiary/aromatic N) is 3. The largest absolute Gasteiger partial charge is 0.373 e. The molecule has 2 heterocycles. The fourth-order valence-corrected chi connectivity index (χ4v) is 4.34. The predicted molar refractivity (Wildman–Crippen MR) is 127 cm³/mol. The van der Waals surface area contributed by atoms with E-state index in [4.69, 9.17) is 4.98 Å². The van der Waals surface area contributed by atoms with E-state index in [1.165, 1.54) is 0 Å². The average molecular weight is 423 g/mol. The van der Waals surface area contributed by atoms with Crippen LogP contribution in [0.25, 0.3) is 22.4 Å². The molecule has 0 atom stereocenters. The molecule has 160 valence electrons. The molecule has 0 saturated heterocycles. The Kier molecular flexibility index (Phi) is 5.11. The van der Waals surface area contributed by atoms with Crippen molar-refractivity contribution in [3.05, 3.63) is 108 Å². The predicted octanol–water partition coefficient (Wildman–Crippen LogP) is 5.29. The summed E-state index contributed by atoms with van der Waals surface area (Å²) in [7, 11) is 0. The maximum atomic E-state index is 12.3. The number of nitrogens with one attached hydrogen (secondary N) is 1. The zero-order valence-corrected chi connectivity index (χ0v) is 18.3. The highest BCUT2D eigenvalue weighted by atomic mass is 16.3. The number of hydrogen-bond donors (Lipinski definition) is 2. The van der Waals surface area contributed by atoms with Crippen LogP contribution < -0.4 is 0 Å². The fourth-order valence-electron chi connectivity index (χ4n) is 4.34. The first-order valence-electron chi connectivity index (χ1n) is 11.0. The molecular weight excluding hydrogens is 396 g/mol. The van der Waals surface area contributed by atoms with Crippen molar-refractivity contribution in [3.8, 4) is 11.4 Å². The van der Waals surface area contributed by atoms with Gasteiger partial charge in [-0.15, -0.1) is 0 Å². The molecular formula is C27H26N4O. The van der Waals surface area contributed by atoms with Crippen LogP contribution in [0, 0.1) is 0 Å². The van der Waals surface area contributed by atoms with Crippen LogP contribution in [0.4, 0.5) is 0 Å². The summed E-state index contributed by atoms with van der Waals surface area (Å²) in [6, 6.07) is 25.6. The Morgan fingerprint density at radius 3 is 2.12 bits per heavy atom. The minimum atomic E-state index is -1.38. The lowest BCUT2D eigenvalue weighted by atomic mass is 9.85. The van der Waals surface area contributed by atoms with E-state index in [1.807, 2.05) is 79.0 Å². The third kappa shape index (κ3) is 3.22. The number of aliphatic hydroxyl groups is 1. The van der Waals surface area contributed by atoms with Crippen LogP contribution in [-0.2, 0) is 18.6 Å². The second-order valence-electron chi connectivity index (χ2n) is 7.94. The van der Waals surface area contributed by atoms with Crippen LogP contribution >= 0.6 is 0 Å². The van der Waals surface area contributed by atoms with Crippen LogP contribution in [0.2, 0.25) is 0 Å². The monoisotopic (exact) mass is 422 g/mol. The van der Waals surface area contributed by atoms with E-state index in [9.17, 15) is 5.11 Å². The number of aryl methyl sites for hydroxylation is 2. The third-order valence-electron chi connectivity index (χ3n) is 6.05. The molecule has 0 spiro atoms. The maximum absolute atomic E-state index is 12.3. The van der Waals surface area contributed by atoms with Gasteiger partial charge >= 0.3 is 0 Å². The quantitative estimate of drug-likeness (QED) is 0.391. The van der Waals surface area contributed by atoms with Crippen LogP contribution in [0.5, 0.6) is 0 Å². The first-order chi connectivity index (χ1) is 15.6. The Labute approximate surface area is 187 Å². The first kappa shape index (κ1) is 20.2. The molecule has 2 N–H and O–H groups in total. The molecule has 5 nitrogen and oxygen atoms in total. The number of aromatic nitrogens is 4. The highest BCUT2D eigenvalue weighted by molar-refractivity contribution is 5.82. The second-order valence-corrected chi connectivity index (χ2v) is 7.94. The van der Waals surface area contributed by atoms with Gasteiger partial charge in [-0.1, -0.05) is 67.6 Å². The van der Waals surface area contributed by atoms with E-state index < -0.39 is 5.60 Å². The normalized spacial score (nSPS) is 11.8. The van der Waals surface area contributed by atoms with Gasteiger partial charge in [0.05, 0.1) is 11.0 Å². The van der Waals surface area contributed by atoms with Crippen molar-refractivity contribution in [3.63, 3.8) is 0 Å². The molecule has 0 fully saturated rings. The molecule has 0 aliphatic carbocycles. The number of fused-ring (bicyclic) bond motifs is 1. The molecule has 0 aliphatic heterocycles. The van der Waals surface area contributed by atoms with Gasteiger partial charge in [0.25, 0.3) is 0 Å². The average Bonchev–Trinajstić information content (AvgIpc) is 3.49. The zero-order chi connectivity index (χ0) is 22.1. The summed E-state index contributed by atoms with van der Waals surface area (Å²) in [5.41, 5.74) is 4.12. The Morgan fingerprint density at radius 1 is 0.906 bits per heavy atom. The Bertz CT molecular complexity index is 1310. The van der Waals surface area contributed by atoms with E-state index >= 15 is 0 Å². The van der Waals surface area contributed by atoms with Gasteiger partial charge in [0.2, 0.25) is 0 Å². The number of rotatable bonds is 6. The summed E-state index contributed by atoms with van der Waals surface area (Å²) >= 11 is 0. The van der Waals surface area contributed by atoms with Crippen molar-refractivity contribution in [1.82, 2.24) is 19.5 Å². The lowest BCUT2D eigenvalue weighted by Gasteiger charge is -2.29. The molecule has 0 aliphatic rings. The van der Waals surface area contributed by atoms with Crippen molar-refractivity contribution >= 4 is 11.0 Å². The lowest BCUT2D eigenvalue weighted by Crippen LogP contribution is -2.32. The van der Waals surface area contributed by atoms with Crippen LogP contribution in [-0.4, -0.2) is 24.6 Å². The zero-order valence-electron chi connectivity index (χ0n) is 18.3. The number of benzene rings is 3. The molecule has 5 heteroatoms. The van der Waals surface area contributed by atoms with Crippen molar-refractivity contribution < 1.29 is 5.11 Å². The highest BCUT2D eigenvalue weighted by Crippen LogP contribution is 2.38. The standard InChI is InChI=1S/C27H26N4O/c1-3-22-18-28-25(29-22)19-15-16-23-24(17-19)31(4-2)26(30-23)27(32,20-11-7-5-8-12-20)21-13-9-6-10-14-21/h5-18,32H,3-4H2,1-2H3,(H,28,29). The minimum Gasteiger partial charge on any atom is -0.373 e. The Morgan fingerprint density at radius 2 is 1.56 bits per heavy atom. The summed E-state index contributed by atoms with van der Waals surface area (Å²) in [4.78, 5) is 12.9. The van der Waals surface area contributed by atoms with Gasteiger partial charge in [-0.2, -0.15) is 0 Å². The fraction of sp³-hybridized carbons (Fsp3) is 0.185. The SMILES string of the molecule is CCc1cnc(-c2ccc3nc(C(O)(c4ccccc4)c4ccccc4)n(CC)c3c2)[nH]1. The second kappa shape index (κ2) is 8.09. The summed E-state index contributed by atoms with van der Waals surface area (Å²) in [5.74, 6) is 1.45. The molecule has 0 saturated carbocycles. The molecule has 0 bridgehead atoms. The molecule has 0 unspecified atom stereocenters. The molecule has 32 heavy (non-hydrogen) atoms. The molecule has 2 aromatic heterocycles.